The highest BCUT2D eigenvalue weighted by Crippen LogP contribution is 2.36. The van der Waals surface area contributed by atoms with Gasteiger partial charge in [-0.05, 0) is 30.0 Å². The SMILES string of the molecule is CCOC(=O)c1c(-c2ccccc2)oc2ccc(C(C)(C)C)cc12. The third-order valence-electron chi connectivity index (χ3n) is 4.07. The zero-order valence-corrected chi connectivity index (χ0v) is 14.6. The van der Waals surface area contributed by atoms with Gasteiger partial charge in [0.05, 0.1) is 6.61 Å². The summed E-state index contributed by atoms with van der Waals surface area (Å²) in [5, 5.41) is 0.805. The van der Waals surface area contributed by atoms with Crippen molar-refractivity contribution < 1.29 is 13.9 Å². The molecule has 0 aliphatic rings. The molecule has 0 amide bonds. The van der Waals surface area contributed by atoms with Crippen molar-refractivity contribution in [3.05, 3.63) is 59.7 Å². The van der Waals surface area contributed by atoms with Crippen LogP contribution in [0.4, 0.5) is 0 Å². The summed E-state index contributed by atoms with van der Waals surface area (Å²) < 4.78 is 11.3. The molecule has 24 heavy (non-hydrogen) atoms. The van der Waals surface area contributed by atoms with Crippen LogP contribution >= 0.6 is 0 Å². The van der Waals surface area contributed by atoms with Crippen molar-refractivity contribution in [2.75, 3.05) is 6.61 Å². The van der Waals surface area contributed by atoms with Gasteiger partial charge in [-0.1, -0.05) is 57.2 Å². The van der Waals surface area contributed by atoms with Gasteiger partial charge in [0.2, 0.25) is 0 Å². The quantitative estimate of drug-likeness (QED) is 0.591. The average molecular weight is 322 g/mol. The van der Waals surface area contributed by atoms with Crippen LogP contribution in [-0.4, -0.2) is 12.6 Å². The molecule has 0 radical (unpaired) electrons. The maximum atomic E-state index is 12.6. The Labute approximate surface area is 142 Å². The molecule has 0 aliphatic carbocycles. The number of hydrogen-bond acceptors (Lipinski definition) is 3. The molecule has 1 heterocycles. The molecular weight excluding hydrogens is 300 g/mol. The van der Waals surface area contributed by atoms with E-state index >= 15 is 0 Å². The van der Waals surface area contributed by atoms with Gasteiger partial charge < -0.3 is 9.15 Å². The largest absolute Gasteiger partial charge is 0.462 e. The monoisotopic (exact) mass is 322 g/mol. The molecule has 0 spiro atoms. The van der Waals surface area contributed by atoms with Crippen LogP contribution in [0.25, 0.3) is 22.3 Å². The molecule has 3 aromatic rings. The van der Waals surface area contributed by atoms with Crippen molar-refractivity contribution in [1.82, 2.24) is 0 Å². The van der Waals surface area contributed by atoms with Gasteiger partial charge in [0.1, 0.15) is 16.9 Å². The number of carbonyl (C=O) groups is 1. The van der Waals surface area contributed by atoms with E-state index in [0.29, 0.717) is 23.5 Å². The lowest BCUT2D eigenvalue weighted by Gasteiger charge is -2.18. The fourth-order valence-corrected chi connectivity index (χ4v) is 2.76. The highest BCUT2D eigenvalue weighted by molar-refractivity contribution is 6.09. The fourth-order valence-electron chi connectivity index (χ4n) is 2.76. The normalized spacial score (nSPS) is 11.7. The third kappa shape index (κ3) is 2.94. The summed E-state index contributed by atoms with van der Waals surface area (Å²) in [5.41, 5.74) is 3.22. The molecule has 3 heteroatoms. The lowest BCUT2D eigenvalue weighted by atomic mass is 9.86. The molecule has 3 rings (SSSR count). The topological polar surface area (TPSA) is 39.4 Å². The molecule has 0 unspecified atom stereocenters. The molecule has 2 aromatic carbocycles. The first-order chi connectivity index (χ1) is 11.4. The Morgan fingerprint density at radius 1 is 1.08 bits per heavy atom. The van der Waals surface area contributed by atoms with Crippen molar-refractivity contribution in [3.63, 3.8) is 0 Å². The van der Waals surface area contributed by atoms with E-state index in [1.54, 1.807) is 0 Å². The Morgan fingerprint density at radius 2 is 1.79 bits per heavy atom. The maximum Gasteiger partial charge on any atom is 0.342 e. The minimum Gasteiger partial charge on any atom is -0.462 e. The van der Waals surface area contributed by atoms with E-state index in [2.05, 4.69) is 26.8 Å². The average Bonchev–Trinajstić information content (AvgIpc) is 2.93. The van der Waals surface area contributed by atoms with E-state index in [1.165, 1.54) is 0 Å². The number of esters is 1. The van der Waals surface area contributed by atoms with Crippen molar-refractivity contribution >= 4 is 16.9 Å². The standard InChI is InChI=1S/C21H22O3/c1-5-23-20(22)18-16-13-15(21(2,3)4)11-12-17(16)24-19(18)14-9-7-6-8-10-14/h6-13H,5H2,1-4H3. The van der Waals surface area contributed by atoms with E-state index in [9.17, 15) is 4.79 Å². The number of hydrogen-bond donors (Lipinski definition) is 0. The molecule has 0 saturated carbocycles. The van der Waals surface area contributed by atoms with Crippen LogP contribution in [0.3, 0.4) is 0 Å². The lowest BCUT2D eigenvalue weighted by molar-refractivity contribution is 0.0528. The molecule has 0 aliphatic heterocycles. The van der Waals surface area contributed by atoms with Gasteiger partial charge in [-0.25, -0.2) is 4.79 Å². The number of furan rings is 1. The lowest BCUT2D eigenvalue weighted by Crippen LogP contribution is -2.11. The van der Waals surface area contributed by atoms with Crippen LogP contribution in [0.5, 0.6) is 0 Å². The number of rotatable bonds is 3. The minimum absolute atomic E-state index is 0.00962. The highest BCUT2D eigenvalue weighted by Gasteiger charge is 2.25. The smallest absolute Gasteiger partial charge is 0.342 e. The first-order valence-corrected chi connectivity index (χ1v) is 8.21. The Balaban J connectivity index is 2.28. The van der Waals surface area contributed by atoms with Crippen LogP contribution in [0, 0.1) is 0 Å². The van der Waals surface area contributed by atoms with Crippen molar-refractivity contribution in [2.45, 2.75) is 33.1 Å². The summed E-state index contributed by atoms with van der Waals surface area (Å²) >= 11 is 0. The molecule has 1 aromatic heterocycles. The van der Waals surface area contributed by atoms with Gasteiger partial charge in [-0.15, -0.1) is 0 Å². The molecule has 0 fully saturated rings. The van der Waals surface area contributed by atoms with Crippen LogP contribution in [0.15, 0.2) is 52.9 Å². The number of fused-ring (bicyclic) bond motifs is 1. The van der Waals surface area contributed by atoms with Gasteiger partial charge in [-0.2, -0.15) is 0 Å². The van der Waals surface area contributed by atoms with E-state index in [0.717, 1.165) is 16.5 Å². The van der Waals surface area contributed by atoms with E-state index in [1.807, 2.05) is 49.4 Å². The second kappa shape index (κ2) is 6.16. The Morgan fingerprint density at radius 3 is 2.42 bits per heavy atom. The maximum absolute atomic E-state index is 12.6. The fraction of sp³-hybridized carbons (Fsp3) is 0.286. The van der Waals surface area contributed by atoms with Crippen LogP contribution in [0.2, 0.25) is 0 Å². The zero-order valence-electron chi connectivity index (χ0n) is 14.6. The molecule has 0 saturated heterocycles. The summed E-state index contributed by atoms with van der Waals surface area (Å²) in [5.74, 6) is 0.219. The predicted octanol–water partition coefficient (Wildman–Crippen LogP) is 5.57. The Bertz CT molecular complexity index is 867. The van der Waals surface area contributed by atoms with Gasteiger partial charge in [0.15, 0.2) is 0 Å². The Hall–Kier alpha value is -2.55. The summed E-state index contributed by atoms with van der Waals surface area (Å²) in [7, 11) is 0. The molecular formula is C21H22O3. The van der Waals surface area contributed by atoms with E-state index in [-0.39, 0.29) is 11.4 Å². The molecule has 124 valence electrons. The van der Waals surface area contributed by atoms with E-state index in [4.69, 9.17) is 9.15 Å². The summed E-state index contributed by atoms with van der Waals surface area (Å²) in [6.45, 7) is 8.59. The number of benzene rings is 2. The highest BCUT2D eigenvalue weighted by atomic mass is 16.5. The zero-order chi connectivity index (χ0) is 17.3. The predicted molar refractivity (Wildman–Crippen MR) is 96.3 cm³/mol. The second-order valence-corrected chi connectivity index (χ2v) is 6.85. The summed E-state index contributed by atoms with van der Waals surface area (Å²) in [6, 6.07) is 15.7. The van der Waals surface area contributed by atoms with Crippen LogP contribution in [0.1, 0.15) is 43.6 Å². The van der Waals surface area contributed by atoms with Gasteiger partial charge in [0.25, 0.3) is 0 Å². The molecule has 0 atom stereocenters. The second-order valence-electron chi connectivity index (χ2n) is 6.85. The van der Waals surface area contributed by atoms with Gasteiger partial charge >= 0.3 is 5.97 Å². The number of carbonyl (C=O) groups excluding carboxylic acids is 1. The van der Waals surface area contributed by atoms with Gasteiger partial charge in [-0.3, -0.25) is 0 Å². The Kier molecular flexibility index (Phi) is 4.18. The minimum atomic E-state index is -0.346. The van der Waals surface area contributed by atoms with Crippen molar-refractivity contribution in [1.29, 1.82) is 0 Å². The van der Waals surface area contributed by atoms with Crippen molar-refractivity contribution in [3.8, 4) is 11.3 Å². The van der Waals surface area contributed by atoms with Crippen LogP contribution < -0.4 is 0 Å². The first kappa shape index (κ1) is 16.3. The van der Waals surface area contributed by atoms with E-state index < -0.39 is 0 Å². The summed E-state index contributed by atoms with van der Waals surface area (Å²) in [6.07, 6.45) is 0. The summed E-state index contributed by atoms with van der Waals surface area (Å²) in [4.78, 5) is 12.6. The molecule has 0 bridgehead atoms. The number of ether oxygens (including phenoxy) is 1. The van der Waals surface area contributed by atoms with Crippen molar-refractivity contribution in [2.24, 2.45) is 0 Å². The van der Waals surface area contributed by atoms with Crippen LogP contribution in [-0.2, 0) is 10.2 Å². The van der Waals surface area contributed by atoms with Gasteiger partial charge in [0, 0.05) is 10.9 Å². The molecule has 3 nitrogen and oxygen atoms in total. The molecule has 0 N–H and O–H groups in total. The first-order valence-electron chi connectivity index (χ1n) is 8.21. The third-order valence-corrected chi connectivity index (χ3v) is 4.07.